The molecule has 1 aliphatic rings. The minimum Gasteiger partial charge on any atom is -0.320 e. The summed E-state index contributed by atoms with van der Waals surface area (Å²) >= 11 is 3.28. The van der Waals surface area contributed by atoms with Crippen LogP contribution in [-0.4, -0.2) is 9.55 Å². The number of halogens is 2. The number of rotatable bonds is 1. The second-order valence-corrected chi connectivity index (χ2v) is 6.42. The Bertz CT molecular complexity index is 853. The summed E-state index contributed by atoms with van der Waals surface area (Å²) in [7, 11) is 0. The highest BCUT2D eigenvalue weighted by Crippen LogP contribution is 2.37. The third kappa shape index (κ3) is 1.93. The van der Waals surface area contributed by atoms with Crippen LogP contribution in [0.25, 0.3) is 11.0 Å². The molecule has 0 radical (unpaired) electrons. The average molecular weight is 345 g/mol. The van der Waals surface area contributed by atoms with E-state index in [9.17, 15) is 4.39 Å². The van der Waals surface area contributed by atoms with Crippen LogP contribution in [-0.2, 0) is 6.42 Å². The summed E-state index contributed by atoms with van der Waals surface area (Å²) in [5.74, 6) is 0.794. The molecule has 0 saturated heterocycles. The van der Waals surface area contributed by atoms with Crippen LogP contribution in [0.3, 0.4) is 0 Å². The number of hydrogen-bond donors (Lipinski definition) is 0. The van der Waals surface area contributed by atoms with E-state index in [2.05, 4.69) is 56.7 Å². The van der Waals surface area contributed by atoms with E-state index >= 15 is 0 Å². The molecule has 4 rings (SSSR count). The van der Waals surface area contributed by atoms with Crippen LogP contribution < -0.4 is 0 Å². The number of aromatic nitrogens is 2. The van der Waals surface area contributed by atoms with Crippen LogP contribution in [0.15, 0.2) is 40.9 Å². The van der Waals surface area contributed by atoms with Crippen molar-refractivity contribution >= 4 is 27.0 Å². The van der Waals surface area contributed by atoms with Gasteiger partial charge in [0.1, 0.15) is 11.6 Å². The Morgan fingerprint density at radius 2 is 2.10 bits per heavy atom. The van der Waals surface area contributed by atoms with Crippen molar-refractivity contribution in [1.82, 2.24) is 9.55 Å². The molecular formula is C17H14BrFN2. The first kappa shape index (κ1) is 13.0. The van der Waals surface area contributed by atoms with Gasteiger partial charge >= 0.3 is 0 Å². The summed E-state index contributed by atoms with van der Waals surface area (Å²) in [6.45, 7) is 2.14. The lowest BCUT2D eigenvalue weighted by atomic mass is 9.99. The first-order valence-corrected chi connectivity index (χ1v) is 7.86. The molecule has 106 valence electrons. The molecular weight excluding hydrogens is 331 g/mol. The molecule has 4 heteroatoms. The minimum absolute atomic E-state index is 0.258. The molecule has 0 aliphatic carbocycles. The Kier molecular flexibility index (Phi) is 2.89. The number of nitrogens with zero attached hydrogens (tertiary/aromatic N) is 2. The Hall–Kier alpha value is -1.68. The first-order chi connectivity index (χ1) is 10.1. The lowest BCUT2D eigenvalue weighted by Gasteiger charge is -2.17. The molecule has 1 atom stereocenters. The summed E-state index contributed by atoms with van der Waals surface area (Å²) in [4.78, 5) is 4.60. The Labute approximate surface area is 130 Å². The monoisotopic (exact) mass is 344 g/mol. The van der Waals surface area contributed by atoms with Crippen LogP contribution in [0.1, 0.15) is 29.4 Å². The molecule has 3 aromatic rings. The highest BCUT2D eigenvalue weighted by atomic mass is 79.9. The van der Waals surface area contributed by atoms with Crippen molar-refractivity contribution < 1.29 is 4.39 Å². The lowest BCUT2D eigenvalue weighted by molar-refractivity contribution is 0.619. The van der Waals surface area contributed by atoms with Gasteiger partial charge in [0.25, 0.3) is 0 Å². The molecule has 21 heavy (non-hydrogen) atoms. The summed E-state index contributed by atoms with van der Waals surface area (Å²) in [5.41, 5.74) is 4.36. The van der Waals surface area contributed by atoms with E-state index in [4.69, 9.17) is 0 Å². The third-order valence-corrected chi connectivity index (χ3v) is 4.91. The van der Waals surface area contributed by atoms with Gasteiger partial charge in [0.15, 0.2) is 0 Å². The summed E-state index contributed by atoms with van der Waals surface area (Å²) < 4.78 is 16.5. The lowest BCUT2D eigenvalue weighted by Crippen LogP contribution is -2.07. The van der Waals surface area contributed by atoms with Gasteiger partial charge in [-0.25, -0.2) is 9.37 Å². The van der Waals surface area contributed by atoms with Gasteiger partial charge < -0.3 is 4.57 Å². The molecule has 0 amide bonds. The Morgan fingerprint density at radius 1 is 1.29 bits per heavy atom. The van der Waals surface area contributed by atoms with Gasteiger partial charge in [-0.15, -0.1) is 0 Å². The van der Waals surface area contributed by atoms with Gasteiger partial charge in [-0.2, -0.15) is 0 Å². The third-order valence-electron chi connectivity index (χ3n) is 4.31. The van der Waals surface area contributed by atoms with Crippen LogP contribution >= 0.6 is 15.9 Å². The number of fused-ring (bicyclic) bond motifs is 3. The van der Waals surface area contributed by atoms with E-state index < -0.39 is 0 Å². The average Bonchev–Trinajstić information content (AvgIpc) is 3.00. The maximum atomic E-state index is 13.7. The van der Waals surface area contributed by atoms with Gasteiger partial charge in [0, 0.05) is 12.5 Å². The second-order valence-electron chi connectivity index (χ2n) is 5.56. The van der Waals surface area contributed by atoms with E-state index in [0.29, 0.717) is 10.5 Å². The second kappa shape index (κ2) is 4.67. The molecule has 1 unspecified atom stereocenters. The fourth-order valence-electron chi connectivity index (χ4n) is 3.31. The van der Waals surface area contributed by atoms with E-state index in [0.717, 1.165) is 29.7 Å². The zero-order chi connectivity index (χ0) is 14.6. The predicted molar refractivity (Wildman–Crippen MR) is 85.0 cm³/mol. The molecule has 2 nitrogen and oxygen atoms in total. The van der Waals surface area contributed by atoms with Crippen molar-refractivity contribution in [2.24, 2.45) is 0 Å². The number of imidazole rings is 1. The largest absolute Gasteiger partial charge is 0.320 e. The minimum atomic E-state index is -0.258. The molecule has 2 aromatic carbocycles. The van der Waals surface area contributed by atoms with Crippen LogP contribution in [0.5, 0.6) is 0 Å². The van der Waals surface area contributed by atoms with Crippen molar-refractivity contribution in [3.05, 3.63) is 63.6 Å². The normalized spacial score (nSPS) is 17.4. The van der Waals surface area contributed by atoms with Gasteiger partial charge in [-0.3, -0.25) is 0 Å². The fraction of sp³-hybridized carbons (Fsp3) is 0.235. The van der Waals surface area contributed by atoms with Crippen molar-refractivity contribution in [1.29, 1.82) is 0 Å². The van der Waals surface area contributed by atoms with Gasteiger partial charge in [0.05, 0.1) is 21.5 Å². The Morgan fingerprint density at radius 3 is 2.90 bits per heavy atom. The summed E-state index contributed by atoms with van der Waals surface area (Å²) in [5, 5.41) is 0. The molecule has 0 spiro atoms. The van der Waals surface area contributed by atoms with Gasteiger partial charge in [-0.1, -0.05) is 24.3 Å². The van der Waals surface area contributed by atoms with Crippen molar-refractivity contribution in [3.8, 4) is 0 Å². The fourth-order valence-corrected chi connectivity index (χ4v) is 3.65. The smallest absolute Gasteiger partial charge is 0.139 e. The molecule has 0 fully saturated rings. The first-order valence-electron chi connectivity index (χ1n) is 7.06. The van der Waals surface area contributed by atoms with Crippen molar-refractivity contribution in [3.63, 3.8) is 0 Å². The van der Waals surface area contributed by atoms with Crippen LogP contribution in [0.4, 0.5) is 4.39 Å². The molecule has 1 aliphatic heterocycles. The summed E-state index contributed by atoms with van der Waals surface area (Å²) in [6.07, 6.45) is 1.99. The van der Waals surface area contributed by atoms with Gasteiger partial charge in [-0.05, 0) is 46.5 Å². The van der Waals surface area contributed by atoms with Crippen molar-refractivity contribution in [2.75, 3.05) is 0 Å². The molecule has 0 saturated carbocycles. The maximum absolute atomic E-state index is 13.7. The van der Waals surface area contributed by atoms with E-state index in [1.165, 1.54) is 17.2 Å². The topological polar surface area (TPSA) is 17.8 Å². The quantitative estimate of drug-likeness (QED) is 0.621. The van der Waals surface area contributed by atoms with E-state index in [1.807, 2.05) is 6.07 Å². The summed E-state index contributed by atoms with van der Waals surface area (Å²) in [6, 6.07) is 12.1. The zero-order valence-electron chi connectivity index (χ0n) is 11.6. The number of hydrogen-bond acceptors (Lipinski definition) is 1. The zero-order valence-corrected chi connectivity index (χ0v) is 13.2. The van der Waals surface area contributed by atoms with E-state index in [1.54, 1.807) is 0 Å². The molecule has 1 aromatic heterocycles. The molecule has 2 heterocycles. The molecule has 0 N–H and O–H groups in total. The highest BCUT2D eigenvalue weighted by molar-refractivity contribution is 9.10. The van der Waals surface area contributed by atoms with Crippen LogP contribution in [0, 0.1) is 12.7 Å². The standard InChI is InChI=1S/C17H14BrFN2/c1-10-4-2-3-5-11(10)15-6-7-17-20-14-9-13(19)12(18)8-16(14)21(15)17/h2-5,8-9,15H,6-7H2,1H3. The molecule has 0 bridgehead atoms. The predicted octanol–water partition coefficient (Wildman–Crippen LogP) is 4.78. The SMILES string of the molecule is Cc1ccccc1C1CCc2nc3cc(F)c(Br)cc3n21. The maximum Gasteiger partial charge on any atom is 0.139 e. The number of benzene rings is 2. The Balaban J connectivity index is 1.95. The number of aryl methyl sites for hydroxylation is 2. The van der Waals surface area contributed by atoms with Crippen LogP contribution in [0.2, 0.25) is 0 Å². The van der Waals surface area contributed by atoms with E-state index in [-0.39, 0.29) is 5.82 Å². The highest BCUT2D eigenvalue weighted by Gasteiger charge is 2.28. The van der Waals surface area contributed by atoms with Gasteiger partial charge in [0.2, 0.25) is 0 Å². The van der Waals surface area contributed by atoms with Crippen molar-refractivity contribution in [2.45, 2.75) is 25.8 Å².